The van der Waals surface area contributed by atoms with Crippen LogP contribution in [0.1, 0.15) is 16.1 Å². The van der Waals surface area contributed by atoms with Gasteiger partial charge in [-0.25, -0.2) is 4.79 Å². The van der Waals surface area contributed by atoms with E-state index in [1.807, 2.05) is 0 Å². The molecule has 7 heteroatoms. The molecule has 1 aromatic heterocycles. The van der Waals surface area contributed by atoms with Crippen LogP contribution in [0.3, 0.4) is 0 Å². The van der Waals surface area contributed by atoms with E-state index in [2.05, 4.69) is 5.32 Å². The van der Waals surface area contributed by atoms with Crippen molar-refractivity contribution in [3.63, 3.8) is 0 Å². The van der Waals surface area contributed by atoms with Crippen molar-refractivity contribution in [2.24, 2.45) is 0 Å². The second kappa shape index (κ2) is 6.58. The molecule has 0 fully saturated rings. The number of hydrogen-bond donors (Lipinski definition) is 2. The van der Waals surface area contributed by atoms with Gasteiger partial charge in [0.05, 0.1) is 9.21 Å². The van der Waals surface area contributed by atoms with Crippen LogP contribution in [0, 0.1) is 0 Å². The van der Waals surface area contributed by atoms with Gasteiger partial charge in [0.25, 0.3) is 5.91 Å². The highest BCUT2D eigenvalue weighted by Crippen LogP contribution is 2.21. The summed E-state index contributed by atoms with van der Waals surface area (Å²) in [5.74, 6) is -1.52. The molecule has 1 heterocycles. The van der Waals surface area contributed by atoms with Crippen LogP contribution < -0.4 is 5.32 Å². The van der Waals surface area contributed by atoms with Crippen LogP contribution in [-0.4, -0.2) is 36.7 Å². The summed E-state index contributed by atoms with van der Waals surface area (Å²) in [6, 6.07) is 2.19. The van der Waals surface area contributed by atoms with E-state index in [1.165, 1.54) is 7.11 Å². The lowest BCUT2D eigenvalue weighted by molar-refractivity contribution is -0.139. The Balaban J connectivity index is 2.60. The Kier molecular flexibility index (Phi) is 5.40. The molecule has 0 spiro atoms. The fraction of sp³-hybridized carbons (Fsp3) is 0.400. The van der Waals surface area contributed by atoms with Gasteiger partial charge in [-0.1, -0.05) is 11.6 Å². The molecule has 17 heavy (non-hydrogen) atoms. The van der Waals surface area contributed by atoms with Crippen LogP contribution in [0.15, 0.2) is 12.1 Å². The second-order valence-corrected chi connectivity index (χ2v) is 4.96. The van der Waals surface area contributed by atoms with Crippen LogP contribution in [0.4, 0.5) is 0 Å². The minimum Gasteiger partial charge on any atom is -0.480 e. The van der Waals surface area contributed by atoms with Gasteiger partial charge in [0.2, 0.25) is 0 Å². The number of nitrogens with one attached hydrogen (secondary N) is 1. The number of hydrogen-bond acceptors (Lipinski definition) is 4. The van der Waals surface area contributed by atoms with Crippen LogP contribution in [-0.2, 0) is 9.53 Å². The van der Waals surface area contributed by atoms with Crippen molar-refractivity contribution in [3.8, 4) is 0 Å². The number of methoxy groups -OCH3 is 1. The first-order chi connectivity index (χ1) is 8.04. The topological polar surface area (TPSA) is 75.6 Å². The monoisotopic (exact) mass is 277 g/mol. The van der Waals surface area contributed by atoms with E-state index in [0.717, 1.165) is 11.3 Å². The molecule has 1 amide bonds. The quantitative estimate of drug-likeness (QED) is 0.828. The minimum absolute atomic E-state index is 0.219. The molecule has 94 valence electrons. The van der Waals surface area contributed by atoms with Gasteiger partial charge in [-0.3, -0.25) is 4.79 Å². The van der Waals surface area contributed by atoms with E-state index in [9.17, 15) is 9.59 Å². The van der Waals surface area contributed by atoms with E-state index >= 15 is 0 Å². The predicted molar refractivity (Wildman–Crippen MR) is 64.7 cm³/mol. The lowest BCUT2D eigenvalue weighted by Gasteiger charge is -2.13. The van der Waals surface area contributed by atoms with Gasteiger partial charge >= 0.3 is 5.97 Å². The maximum Gasteiger partial charge on any atom is 0.326 e. The first-order valence-electron chi connectivity index (χ1n) is 4.82. The first-order valence-corrected chi connectivity index (χ1v) is 6.02. The normalized spacial score (nSPS) is 12.1. The summed E-state index contributed by atoms with van der Waals surface area (Å²) in [5.41, 5.74) is 0. The summed E-state index contributed by atoms with van der Waals surface area (Å²) in [4.78, 5) is 22.9. The van der Waals surface area contributed by atoms with Gasteiger partial charge in [0.1, 0.15) is 6.04 Å². The number of carbonyl (C=O) groups is 2. The number of carboxylic acid groups (broad SMARTS) is 1. The molecule has 0 bridgehead atoms. The van der Waals surface area contributed by atoms with Gasteiger partial charge in [-0.2, -0.15) is 0 Å². The number of aliphatic carboxylic acids is 1. The zero-order valence-electron chi connectivity index (χ0n) is 9.10. The molecule has 5 nitrogen and oxygen atoms in total. The number of halogens is 1. The molecule has 0 aliphatic heterocycles. The average molecular weight is 278 g/mol. The lowest BCUT2D eigenvalue weighted by Crippen LogP contribution is -2.41. The summed E-state index contributed by atoms with van der Waals surface area (Å²) in [5, 5.41) is 11.3. The Labute approximate surface area is 107 Å². The fourth-order valence-corrected chi connectivity index (χ4v) is 2.11. The SMILES string of the molecule is COCCC(NC(=O)c1ccc(Cl)s1)C(=O)O. The van der Waals surface area contributed by atoms with Gasteiger partial charge in [0.15, 0.2) is 0 Å². The highest BCUT2D eigenvalue weighted by molar-refractivity contribution is 7.18. The number of carbonyl (C=O) groups excluding carboxylic acids is 1. The average Bonchev–Trinajstić information content (AvgIpc) is 2.70. The predicted octanol–water partition coefficient (Wildman–Crippen LogP) is 1.62. The molecule has 1 unspecified atom stereocenters. The standard InChI is InChI=1S/C10H12ClNO4S/c1-16-5-4-6(10(14)15)12-9(13)7-2-3-8(11)17-7/h2-3,6H,4-5H2,1H3,(H,12,13)(H,14,15). The third kappa shape index (κ3) is 4.33. The summed E-state index contributed by atoms with van der Waals surface area (Å²) >= 11 is 6.79. The lowest BCUT2D eigenvalue weighted by atomic mass is 10.2. The van der Waals surface area contributed by atoms with Gasteiger partial charge < -0.3 is 15.2 Å². The molecule has 0 radical (unpaired) electrons. The molecule has 1 atom stereocenters. The minimum atomic E-state index is -1.09. The molecule has 2 N–H and O–H groups in total. The third-order valence-corrected chi connectivity index (χ3v) is 3.24. The maximum absolute atomic E-state index is 11.7. The number of ether oxygens (including phenoxy) is 1. The molecule has 0 saturated heterocycles. The third-order valence-electron chi connectivity index (χ3n) is 2.01. The van der Waals surface area contributed by atoms with E-state index in [0.29, 0.717) is 9.21 Å². The summed E-state index contributed by atoms with van der Waals surface area (Å²) in [7, 11) is 1.47. The number of carboxylic acids is 1. The van der Waals surface area contributed by atoms with Crippen LogP contribution in [0.2, 0.25) is 4.34 Å². The summed E-state index contributed by atoms with van der Waals surface area (Å²) < 4.78 is 5.27. The zero-order valence-corrected chi connectivity index (χ0v) is 10.7. The highest BCUT2D eigenvalue weighted by atomic mass is 35.5. The molecule has 0 saturated carbocycles. The highest BCUT2D eigenvalue weighted by Gasteiger charge is 2.20. The molecule has 0 aromatic carbocycles. The Bertz CT molecular complexity index is 407. The van der Waals surface area contributed by atoms with Crippen molar-refractivity contribution in [1.29, 1.82) is 0 Å². The molecule has 1 aromatic rings. The van der Waals surface area contributed by atoms with Gasteiger partial charge in [-0.15, -0.1) is 11.3 Å². The van der Waals surface area contributed by atoms with E-state index < -0.39 is 17.9 Å². The van der Waals surface area contributed by atoms with Gasteiger partial charge in [-0.05, 0) is 12.1 Å². The Hall–Kier alpha value is -1.11. The number of rotatable bonds is 6. The largest absolute Gasteiger partial charge is 0.480 e. The molecule has 0 aliphatic rings. The van der Waals surface area contributed by atoms with Crippen LogP contribution in [0.25, 0.3) is 0 Å². The van der Waals surface area contributed by atoms with E-state index in [1.54, 1.807) is 12.1 Å². The molecular weight excluding hydrogens is 266 g/mol. The fourth-order valence-electron chi connectivity index (χ4n) is 1.16. The Morgan fingerprint density at radius 3 is 2.76 bits per heavy atom. The molecule has 0 aliphatic carbocycles. The smallest absolute Gasteiger partial charge is 0.326 e. The van der Waals surface area contributed by atoms with Gasteiger partial charge in [0, 0.05) is 20.1 Å². The maximum atomic E-state index is 11.7. The zero-order chi connectivity index (χ0) is 12.8. The van der Waals surface area contributed by atoms with E-state index in [4.69, 9.17) is 21.4 Å². The molecule has 1 rings (SSSR count). The number of thiophene rings is 1. The van der Waals surface area contributed by atoms with E-state index in [-0.39, 0.29) is 13.0 Å². The Morgan fingerprint density at radius 1 is 1.59 bits per heavy atom. The number of amides is 1. The first kappa shape index (κ1) is 14.0. The van der Waals surface area contributed by atoms with Crippen molar-refractivity contribution in [2.45, 2.75) is 12.5 Å². The van der Waals surface area contributed by atoms with Crippen LogP contribution >= 0.6 is 22.9 Å². The van der Waals surface area contributed by atoms with Crippen molar-refractivity contribution in [1.82, 2.24) is 5.32 Å². The van der Waals surface area contributed by atoms with Crippen LogP contribution in [0.5, 0.6) is 0 Å². The van der Waals surface area contributed by atoms with Crippen molar-refractivity contribution < 1.29 is 19.4 Å². The summed E-state index contributed by atoms with van der Waals surface area (Å²) in [6.45, 7) is 0.266. The summed E-state index contributed by atoms with van der Waals surface area (Å²) in [6.07, 6.45) is 0.219. The molecular formula is C10H12ClNO4S. The second-order valence-electron chi connectivity index (χ2n) is 3.25. The van der Waals surface area contributed by atoms with Crippen molar-refractivity contribution in [2.75, 3.05) is 13.7 Å². The van der Waals surface area contributed by atoms with Crippen molar-refractivity contribution in [3.05, 3.63) is 21.3 Å². The van der Waals surface area contributed by atoms with Crippen molar-refractivity contribution >= 4 is 34.8 Å². The Morgan fingerprint density at radius 2 is 2.29 bits per heavy atom.